The van der Waals surface area contributed by atoms with Gasteiger partial charge in [0.15, 0.2) is 6.61 Å². The number of carbonyl (C=O) groups is 3. The first-order valence-corrected chi connectivity index (χ1v) is 9.69. The zero-order valence-electron chi connectivity index (χ0n) is 17.2. The van der Waals surface area contributed by atoms with Gasteiger partial charge >= 0.3 is 12.0 Å². The maximum absolute atomic E-state index is 12.4. The van der Waals surface area contributed by atoms with E-state index in [0.717, 1.165) is 11.4 Å². The number of carbonyl (C=O) groups excluding carboxylic acids is 3. The molecular weight excluding hydrogens is 376 g/mol. The molecule has 1 atom stereocenters. The first-order chi connectivity index (χ1) is 13.8. The van der Waals surface area contributed by atoms with Gasteiger partial charge < -0.3 is 30.3 Å². The highest BCUT2D eigenvalue weighted by Gasteiger charge is 2.26. The van der Waals surface area contributed by atoms with E-state index >= 15 is 0 Å². The number of amides is 3. The molecule has 1 aromatic carbocycles. The van der Waals surface area contributed by atoms with Gasteiger partial charge in [-0.05, 0) is 36.6 Å². The summed E-state index contributed by atoms with van der Waals surface area (Å²) in [5, 5.41) is 2.37. The molecule has 9 heteroatoms. The normalized spacial score (nSPS) is 15.0. The maximum Gasteiger partial charge on any atom is 0.329 e. The molecule has 1 fully saturated rings. The van der Waals surface area contributed by atoms with E-state index in [9.17, 15) is 14.4 Å². The molecule has 0 aliphatic carbocycles. The number of rotatable bonds is 8. The van der Waals surface area contributed by atoms with Crippen LogP contribution >= 0.6 is 0 Å². The van der Waals surface area contributed by atoms with Crippen LogP contribution < -0.4 is 20.7 Å². The third-order valence-corrected chi connectivity index (χ3v) is 4.72. The molecular formula is C20H30N4O5. The van der Waals surface area contributed by atoms with Crippen molar-refractivity contribution >= 4 is 23.6 Å². The quantitative estimate of drug-likeness (QED) is 0.622. The fourth-order valence-electron chi connectivity index (χ4n) is 3.19. The molecule has 2 rings (SSSR count). The van der Waals surface area contributed by atoms with Gasteiger partial charge in [0.2, 0.25) is 0 Å². The van der Waals surface area contributed by atoms with Crippen molar-refractivity contribution in [3.05, 3.63) is 24.3 Å². The summed E-state index contributed by atoms with van der Waals surface area (Å²) in [6.45, 7) is 5.93. The van der Waals surface area contributed by atoms with Gasteiger partial charge in [0.25, 0.3) is 5.91 Å². The number of anilines is 1. The number of nitrogens with zero attached hydrogens (tertiary/aromatic N) is 2. The third kappa shape index (κ3) is 6.85. The number of hydrogen-bond donors (Lipinski definition) is 2. The summed E-state index contributed by atoms with van der Waals surface area (Å²) in [5.41, 5.74) is 6.18. The zero-order chi connectivity index (χ0) is 21.4. The number of nitrogens with one attached hydrogen (secondary N) is 1. The Bertz CT molecular complexity index is 699. The molecule has 1 aliphatic heterocycles. The van der Waals surface area contributed by atoms with Crippen molar-refractivity contribution in [3.8, 4) is 5.75 Å². The van der Waals surface area contributed by atoms with E-state index in [2.05, 4.69) is 10.2 Å². The maximum atomic E-state index is 12.4. The van der Waals surface area contributed by atoms with Crippen LogP contribution in [0.5, 0.6) is 5.75 Å². The lowest BCUT2D eigenvalue weighted by Crippen LogP contribution is -2.50. The number of urea groups is 1. The average molecular weight is 406 g/mol. The summed E-state index contributed by atoms with van der Waals surface area (Å²) in [7, 11) is 1.63. The van der Waals surface area contributed by atoms with Gasteiger partial charge in [0.1, 0.15) is 11.8 Å². The van der Waals surface area contributed by atoms with Crippen LogP contribution in [0.25, 0.3) is 0 Å². The van der Waals surface area contributed by atoms with Crippen LogP contribution in [0.1, 0.15) is 20.3 Å². The molecule has 1 aliphatic rings. The molecule has 29 heavy (non-hydrogen) atoms. The summed E-state index contributed by atoms with van der Waals surface area (Å²) in [6, 6.07) is 6.12. The lowest BCUT2D eigenvalue weighted by atomic mass is 10.0. The number of methoxy groups -OCH3 is 1. The number of piperazine rings is 1. The van der Waals surface area contributed by atoms with E-state index in [0.29, 0.717) is 32.6 Å². The fourth-order valence-corrected chi connectivity index (χ4v) is 3.19. The minimum atomic E-state index is -0.854. The van der Waals surface area contributed by atoms with Crippen LogP contribution in [0.4, 0.5) is 10.5 Å². The lowest BCUT2D eigenvalue weighted by Gasteiger charge is -2.36. The molecule has 0 spiro atoms. The second kappa shape index (κ2) is 10.5. The standard InChI is InChI=1S/C20H30N4O5/c1-14(2)12-17(22-20(21)27)19(26)29-13-18(25)24-10-8-23(9-11-24)15-4-6-16(28-3)7-5-15/h4-7,14,17H,8-13H2,1-3H3,(H3,21,22,27)/t17-/m1/s1. The van der Waals surface area contributed by atoms with Crippen molar-refractivity contribution in [2.24, 2.45) is 11.7 Å². The van der Waals surface area contributed by atoms with E-state index in [-0.39, 0.29) is 18.4 Å². The van der Waals surface area contributed by atoms with E-state index < -0.39 is 18.0 Å². The molecule has 1 heterocycles. The molecule has 1 aromatic rings. The van der Waals surface area contributed by atoms with Crippen molar-refractivity contribution in [3.63, 3.8) is 0 Å². The predicted octanol–water partition coefficient (Wildman–Crippen LogP) is 0.970. The SMILES string of the molecule is COc1ccc(N2CCN(C(=O)COC(=O)[C@@H](CC(C)C)NC(N)=O)CC2)cc1. The Morgan fingerprint density at radius 3 is 2.24 bits per heavy atom. The van der Waals surface area contributed by atoms with Crippen molar-refractivity contribution in [1.82, 2.24) is 10.2 Å². The van der Waals surface area contributed by atoms with E-state index in [1.54, 1.807) is 12.0 Å². The largest absolute Gasteiger partial charge is 0.497 e. The fraction of sp³-hybridized carbons (Fsp3) is 0.550. The number of primary amides is 1. The Morgan fingerprint density at radius 1 is 1.10 bits per heavy atom. The molecule has 0 saturated carbocycles. The van der Waals surface area contributed by atoms with Crippen molar-refractivity contribution in [2.45, 2.75) is 26.3 Å². The number of nitrogens with two attached hydrogens (primary N) is 1. The number of esters is 1. The highest BCUT2D eigenvalue weighted by atomic mass is 16.5. The van der Waals surface area contributed by atoms with Gasteiger partial charge in [-0.2, -0.15) is 0 Å². The Hall–Kier alpha value is -2.97. The summed E-state index contributed by atoms with van der Waals surface area (Å²) in [6.07, 6.45) is 0.385. The van der Waals surface area contributed by atoms with Gasteiger partial charge in [-0.15, -0.1) is 0 Å². The number of benzene rings is 1. The monoisotopic (exact) mass is 406 g/mol. The molecule has 9 nitrogen and oxygen atoms in total. The molecule has 0 unspecified atom stereocenters. The molecule has 0 radical (unpaired) electrons. The highest BCUT2D eigenvalue weighted by molar-refractivity contribution is 5.85. The second-order valence-corrected chi connectivity index (χ2v) is 7.36. The van der Waals surface area contributed by atoms with Gasteiger partial charge in [-0.3, -0.25) is 4.79 Å². The van der Waals surface area contributed by atoms with Crippen LogP contribution in [-0.4, -0.2) is 68.7 Å². The summed E-state index contributed by atoms with van der Waals surface area (Å²) >= 11 is 0. The van der Waals surface area contributed by atoms with Gasteiger partial charge in [-0.1, -0.05) is 13.8 Å². The van der Waals surface area contributed by atoms with Crippen LogP contribution in [0.2, 0.25) is 0 Å². The third-order valence-electron chi connectivity index (χ3n) is 4.72. The molecule has 0 aromatic heterocycles. The molecule has 0 bridgehead atoms. The topological polar surface area (TPSA) is 114 Å². The molecule has 1 saturated heterocycles. The van der Waals surface area contributed by atoms with Crippen molar-refractivity contribution in [1.29, 1.82) is 0 Å². The van der Waals surface area contributed by atoms with Crippen LogP contribution in [0, 0.1) is 5.92 Å². The predicted molar refractivity (Wildman–Crippen MR) is 109 cm³/mol. The lowest BCUT2D eigenvalue weighted by molar-refractivity contribution is -0.154. The molecule has 160 valence electrons. The van der Waals surface area contributed by atoms with Crippen molar-refractivity contribution < 1.29 is 23.9 Å². The average Bonchev–Trinajstić information content (AvgIpc) is 2.70. The zero-order valence-corrected chi connectivity index (χ0v) is 17.2. The Kier molecular flexibility index (Phi) is 8.11. The smallest absolute Gasteiger partial charge is 0.329 e. The van der Waals surface area contributed by atoms with Crippen LogP contribution in [0.3, 0.4) is 0 Å². The van der Waals surface area contributed by atoms with Crippen LogP contribution in [-0.2, 0) is 14.3 Å². The Labute approximate surface area is 171 Å². The first-order valence-electron chi connectivity index (χ1n) is 9.69. The second-order valence-electron chi connectivity index (χ2n) is 7.36. The van der Waals surface area contributed by atoms with E-state index in [1.807, 2.05) is 38.1 Å². The number of hydrogen-bond acceptors (Lipinski definition) is 6. The summed E-state index contributed by atoms with van der Waals surface area (Å²) in [4.78, 5) is 39.5. The summed E-state index contributed by atoms with van der Waals surface area (Å²) in [5.74, 6) is 0.0462. The first kappa shape index (κ1) is 22.3. The van der Waals surface area contributed by atoms with E-state index in [4.69, 9.17) is 15.2 Å². The summed E-state index contributed by atoms with van der Waals surface area (Å²) < 4.78 is 10.3. The minimum absolute atomic E-state index is 0.154. The van der Waals surface area contributed by atoms with Gasteiger partial charge in [0, 0.05) is 31.9 Å². The Balaban J connectivity index is 1.81. The Morgan fingerprint density at radius 2 is 1.72 bits per heavy atom. The van der Waals surface area contributed by atoms with Crippen LogP contribution in [0.15, 0.2) is 24.3 Å². The van der Waals surface area contributed by atoms with Gasteiger partial charge in [0.05, 0.1) is 7.11 Å². The molecule has 3 amide bonds. The minimum Gasteiger partial charge on any atom is -0.497 e. The van der Waals surface area contributed by atoms with E-state index in [1.165, 1.54) is 0 Å². The number of ether oxygens (including phenoxy) is 2. The van der Waals surface area contributed by atoms with Gasteiger partial charge in [-0.25, -0.2) is 9.59 Å². The highest BCUT2D eigenvalue weighted by Crippen LogP contribution is 2.20. The molecule has 3 N–H and O–H groups in total. The van der Waals surface area contributed by atoms with Crippen molar-refractivity contribution in [2.75, 3.05) is 44.8 Å².